The van der Waals surface area contributed by atoms with Crippen LogP contribution in [0.4, 0.5) is 0 Å². The molecule has 19 heteroatoms. The lowest BCUT2D eigenvalue weighted by Crippen LogP contribution is -2.70. The maximum atomic E-state index is 13.3. The number of pyridine rings is 1. The zero-order valence-electron chi connectivity index (χ0n) is 29.1. The van der Waals surface area contributed by atoms with Gasteiger partial charge in [-0.3, -0.25) is 24.1 Å². The summed E-state index contributed by atoms with van der Waals surface area (Å²) in [6.07, 6.45) is -0.516. The lowest BCUT2D eigenvalue weighted by atomic mass is 9.54. The van der Waals surface area contributed by atoms with Gasteiger partial charge in [0.1, 0.15) is 28.4 Å². The topological polar surface area (TPSA) is 343 Å². The van der Waals surface area contributed by atoms with Crippen LogP contribution in [0.3, 0.4) is 0 Å². The summed E-state index contributed by atoms with van der Waals surface area (Å²) >= 11 is 0. The van der Waals surface area contributed by atoms with Gasteiger partial charge >= 0.3 is 5.97 Å². The number of aromatic carboxylic acids is 1. The Morgan fingerprint density at radius 1 is 1.04 bits per heavy atom. The smallest absolute Gasteiger partial charge is 0.341 e. The number of nitrogens with two attached hydrogens (primary N) is 1. The van der Waals surface area contributed by atoms with Gasteiger partial charge in [-0.1, -0.05) is 12.1 Å². The molecule has 3 aromatic rings. The highest BCUT2D eigenvalue weighted by atomic mass is 16.7. The number of phenols is 1. The van der Waals surface area contributed by atoms with Crippen LogP contribution in [-0.4, -0.2) is 118 Å². The Morgan fingerprint density at radius 3 is 2.20 bits per heavy atom. The van der Waals surface area contributed by atoms with Crippen LogP contribution in [0.25, 0.3) is 10.9 Å². The van der Waals surface area contributed by atoms with Crippen molar-refractivity contribution in [2.45, 2.75) is 43.7 Å². The van der Waals surface area contributed by atoms with Crippen LogP contribution in [-0.2, 0) is 21.7 Å². The van der Waals surface area contributed by atoms with Crippen LogP contribution in [0.5, 0.6) is 17.2 Å². The third-order valence-electron chi connectivity index (χ3n) is 10.2. The quantitative estimate of drug-likeness (QED) is 0.141. The van der Waals surface area contributed by atoms with Crippen molar-refractivity contribution < 1.29 is 75.3 Å². The number of fused-ring (bicyclic) bond motifs is 5. The molecule has 1 amide bonds. The number of primary amides is 1. The van der Waals surface area contributed by atoms with Gasteiger partial charge in [0.2, 0.25) is 18.0 Å². The summed E-state index contributed by atoms with van der Waals surface area (Å²) in [5.41, 5.74) is -1.99. The number of Topliss-reactive ketones (excluding diaryl/α,β-unsaturated/α-hetero) is 2. The van der Waals surface area contributed by atoms with Crippen molar-refractivity contribution in [3.05, 3.63) is 86.1 Å². The maximum absolute atomic E-state index is 13.3. The van der Waals surface area contributed by atoms with Gasteiger partial charge in [0, 0.05) is 18.8 Å². The van der Waals surface area contributed by atoms with E-state index >= 15 is 0 Å². The minimum atomic E-state index is -3.02. The summed E-state index contributed by atoms with van der Waals surface area (Å²) in [5.74, 6) is -9.86. The number of aryl methyl sites for hydroxylation is 1. The first-order valence-electron chi connectivity index (χ1n) is 15.9. The Morgan fingerprint density at radius 2 is 1.65 bits per heavy atom. The van der Waals surface area contributed by atoms with Gasteiger partial charge in [0.25, 0.3) is 5.91 Å². The number of hydrogen-bond acceptors (Lipinski definition) is 14. The Labute approximate surface area is 304 Å². The van der Waals surface area contributed by atoms with E-state index in [9.17, 15) is 54.6 Å². The van der Waals surface area contributed by atoms with Gasteiger partial charge in [-0.2, -0.15) is 0 Å². The zero-order valence-corrected chi connectivity index (χ0v) is 29.1. The minimum absolute atomic E-state index is 0. The van der Waals surface area contributed by atoms with E-state index < -0.39 is 92.5 Å². The molecule has 19 nitrogen and oxygen atoms in total. The van der Waals surface area contributed by atoms with Gasteiger partial charge < -0.3 is 66.5 Å². The number of carbonyl (C=O) groups excluding carboxylic acids is 3. The number of carbonyl (C=O) groups is 4. The number of ether oxygens (including phenoxy) is 2. The first kappa shape index (κ1) is 40.9. The Hall–Kier alpha value is -5.83. The Kier molecular flexibility index (Phi) is 10.5. The molecule has 54 heavy (non-hydrogen) atoms. The molecule has 1 aromatic heterocycles. The number of ketones is 2. The molecule has 0 saturated heterocycles. The van der Waals surface area contributed by atoms with E-state index in [-0.39, 0.29) is 34.4 Å². The molecule has 0 radical (unpaired) electrons. The van der Waals surface area contributed by atoms with Crippen molar-refractivity contribution in [2.24, 2.45) is 17.6 Å². The van der Waals surface area contributed by atoms with Gasteiger partial charge in [-0.15, -0.1) is 0 Å². The Balaban J connectivity index is 0.000000264. The van der Waals surface area contributed by atoms with Crippen LogP contribution < -0.4 is 20.6 Å². The molecule has 4 aliphatic rings. The fraction of sp³-hybridized carbons (Fsp3) is 0.343. The molecular formula is C35H39N3O16. The molecule has 7 rings (SSSR count). The second-order valence-corrected chi connectivity index (χ2v) is 13.2. The molecule has 0 saturated carbocycles. The Bertz CT molecular complexity index is 2240. The van der Waals surface area contributed by atoms with Gasteiger partial charge in [0.05, 0.1) is 51.6 Å². The van der Waals surface area contributed by atoms with Gasteiger partial charge in [0.15, 0.2) is 22.9 Å². The van der Waals surface area contributed by atoms with Crippen molar-refractivity contribution in [1.29, 1.82) is 0 Å². The number of phenolic OH excluding ortho intramolecular Hbond substituents is 1. The first-order chi connectivity index (χ1) is 24.3. The number of aliphatic hydroxyl groups is 5. The molecule has 0 bridgehead atoms. The molecule has 3 aliphatic carbocycles. The van der Waals surface area contributed by atoms with Crippen molar-refractivity contribution >= 4 is 34.3 Å². The van der Waals surface area contributed by atoms with Gasteiger partial charge in [-0.25, -0.2) is 4.79 Å². The molecule has 0 spiro atoms. The van der Waals surface area contributed by atoms with E-state index in [0.29, 0.717) is 28.9 Å². The van der Waals surface area contributed by atoms with Gasteiger partial charge in [-0.05, 0) is 45.6 Å². The highest BCUT2D eigenvalue weighted by Gasteiger charge is 2.69. The maximum Gasteiger partial charge on any atom is 0.341 e. The molecule has 6 atom stereocenters. The summed E-state index contributed by atoms with van der Waals surface area (Å²) < 4.78 is 12.2. The second kappa shape index (κ2) is 13.9. The lowest BCUT2D eigenvalue weighted by molar-refractivity contribution is -0.173. The predicted octanol–water partition coefficient (Wildman–Crippen LogP) is -1.44. The number of carboxylic acids is 1. The number of rotatable bonds is 4. The third kappa shape index (κ3) is 5.56. The second-order valence-electron chi connectivity index (χ2n) is 13.2. The highest BCUT2D eigenvalue weighted by Crippen LogP contribution is 2.56. The summed E-state index contributed by atoms with van der Waals surface area (Å²) in [6, 6.07) is 5.78. The molecule has 1 aliphatic heterocycles. The number of hydrogen-bond donors (Lipinski definition) is 8. The zero-order chi connectivity index (χ0) is 38.4. The minimum Gasteiger partial charge on any atom is -0.510 e. The molecule has 290 valence electrons. The summed E-state index contributed by atoms with van der Waals surface area (Å²) in [7, 11) is 2.85. The van der Waals surface area contributed by atoms with E-state index in [1.165, 1.54) is 50.3 Å². The van der Waals surface area contributed by atoms with E-state index in [4.69, 9.17) is 20.3 Å². The normalized spacial score (nSPS) is 26.5. The van der Waals surface area contributed by atoms with Crippen molar-refractivity contribution in [2.75, 3.05) is 20.9 Å². The predicted molar refractivity (Wildman–Crippen MR) is 185 cm³/mol. The number of nitrogens with zero attached hydrogens (tertiary/aromatic N) is 2. The van der Waals surface area contributed by atoms with Crippen LogP contribution in [0.2, 0.25) is 0 Å². The fourth-order valence-electron chi connectivity index (χ4n) is 7.80. The standard InChI is InChI=1S/C22H24N2O9.C13H11NO5.2H2O/c1-21(32)7-5-4-6-8(25)9(7)15(26)10-12(21)17(28)13-14(24(2)3)16(27)11(20(23)31)19(30)22(13,33)18(10)29;1-2-14-5-8(13(16)17)12(15)7-3-10-11(4-9(7)14)19-6-18-10;;/h4-6,12-14,17,25,27-29,32-33H,1-3H3,(H2,23,31);3-5H,2,6H2,1H3,(H,16,17);2*1H2/t12-,13-,14+,17+,21-,22+;;;/m1.../s1. The van der Waals surface area contributed by atoms with Crippen LogP contribution >= 0.6 is 0 Å². The molecule has 0 fully saturated rings. The number of likely N-dealkylation sites (N-methyl/N-ethyl adjacent to an activating group) is 1. The monoisotopic (exact) mass is 757 g/mol. The third-order valence-corrected chi connectivity index (χ3v) is 10.2. The van der Waals surface area contributed by atoms with Crippen LogP contribution in [0, 0.1) is 11.8 Å². The number of aliphatic hydroxyl groups excluding tert-OH is 3. The van der Waals surface area contributed by atoms with Crippen LogP contribution in [0.15, 0.2) is 64.0 Å². The molecular weight excluding hydrogens is 718 g/mol. The average molecular weight is 758 g/mol. The number of aromatic nitrogens is 1. The van der Waals surface area contributed by atoms with Crippen molar-refractivity contribution in [3.63, 3.8) is 0 Å². The molecule has 2 aromatic carbocycles. The lowest BCUT2D eigenvalue weighted by Gasteiger charge is -2.55. The van der Waals surface area contributed by atoms with Crippen molar-refractivity contribution in [3.8, 4) is 17.2 Å². The molecule has 13 N–H and O–H groups in total. The first-order valence-corrected chi connectivity index (χ1v) is 15.9. The molecule has 0 unspecified atom stereocenters. The number of amides is 1. The largest absolute Gasteiger partial charge is 0.510 e. The molecule has 2 heterocycles. The average Bonchev–Trinajstić information content (AvgIpc) is 3.53. The summed E-state index contributed by atoms with van der Waals surface area (Å²) in [4.78, 5) is 63.0. The number of aromatic hydroxyl groups is 1. The number of carboxylic acid groups (broad SMARTS) is 1. The van der Waals surface area contributed by atoms with E-state index in [1.807, 2.05) is 6.92 Å². The van der Waals surface area contributed by atoms with Crippen LogP contribution in [0.1, 0.15) is 40.1 Å². The fourth-order valence-corrected chi connectivity index (χ4v) is 7.80. The summed E-state index contributed by atoms with van der Waals surface area (Å²) in [5, 5.41) is 75.9. The SMILES string of the molecule is CCn1cc(C(=O)O)c(=O)c2cc3c(cc21)OCO3.CN(C)[C@@H]1C(O)=C(C(N)=O)C(=O)[C@@]2(O)C(O)=C3C(=O)c4c(O)cccc4[C@@](C)(O)[C@H]3[C@H](O)[C@@H]12.O.O. The summed E-state index contributed by atoms with van der Waals surface area (Å²) in [6.45, 7) is 3.79. The highest BCUT2D eigenvalue weighted by molar-refractivity contribution is 6.25. The van der Waals surface area contributed by atoms with E-state index in [2.05, 4.69) is 0 Å². The van der Waals surface area contributed by atoms with E-state index in [1.54, 1.807) is 16.7 Å². The van der Waals surface area contributed by atoms with E-state index in [0.717, 1.165) is 0 Å². The van der Waals surface area contributed by atoms with Crippen molar-refractivity contribution in [1.82, 2.24) is 9.47 Å². The number of benzene rings is 2.